The molecule has 2 aromatic heterocycles. The lowest BCUT2D eigenvalue weighted by molar-refractivity contribution is 0.0695. The van der Waals surface area contributed by atoms with Gasteiger partial charge in [-0.3, -0.25) is 4.79 Å². The molecule has 0 radical (unpaired) electrons. The molecule has 1 aliphatic carbocycles. The minimum Gasteiger partial charge on any atom is -0.477 e. The van der Waals surface area contributed by atoms with E-state index in [0.717, 1.165) is 29.7 Å². The number of carboxylic acid groups (broad SMARTS) is 1. The Hall–Kier alpha value is -3.12. The Morgan fingerprint density at radius 2 is 1.86 bits per heavy atom. The summed E-state index contributed by atoms with van der Waals surface area (Å²) >= 11 is 6.03. The second-order valence-corrected chi connectivity index (χ2v) is 7.51. The van der Waals surface area contributed by atoms with E-state index in [0.29, 0.717) is 10.5 Å². The largest absolute Gasteiger partial charge is 0.477 e. The molecule has 1 saturated carbocycles. The van der Waals surface area contributed by atoms with Crippen molar-refractivity contribution >= 4 is 39.2 Å². The maximum Gasteiger partial charge on any atom is 0.341 e. The molecule has 2 aromatic carbocycles. The summed E-state index contributed by atoms with van der Waals surface area (Å²) in [6.07, 6.45) is 6.74. The summed E-state index contributed by atoms with van der Waals surface area (Å²) in [5.74, 6) is -1.90. The van der Waals surface area contributed by atoms with Crippen molar-refractivity contribution in [3.63, 3.8) is 0 Å². The van der Waals surface area contributed by atoms with E-state index in [1.165, 1.54) is 6.20 Å². The van der Waals surface area contributed by atoms with Crippen LogP contribution in [-0.4, -0.2) is 20.2 Å². The van der Waals surface area contributed by atoms with Gasteiger partial charge in [-0.1, -0.05) is 17.7 Å². The molecule has 0 bridgehead atoms. The van der Waals surface area contributed by atoms with Crippen molar-refractivity contribution in [1.82, 2.24) is 9.13 Å². The van der Waals surface area contributed by atoms with Gasteiger partial charge in [0.25, 0.3) is 0 Å². The van der Waals surface area contributed by atoms with Gasteiger partial charge < -0.3 is 14.2 Å². The van der Waals surface area contributed by atoms with E-state index >= 15 is 0 Å². The fraction of sp³-hybridized carbons (Fsp3) is 0.143. The third-order valence-electron chi connectivity index (χ3n) is 5.15. The van der Waals surface area contributed by atoms with Gasteiger partial charge in [0.05, 0.1) is 11.2 Å². The van der Waals surface area contributed by atoms with Crippen LogP contribution in [0.5, 0.6) is 0 Å². The van der Waals surface area contributed by atoms with Gasteiger partial charge in [0.2, 0.25) is 5.43 Å². The van der Waals surface area contributed by atoms with Crippen molar-refractivity contribution in [2.75, 3.05) is 0 Å². The van der Waals surface area contributed by atoms with Crippen LogP contribution >= 0.6 is 11.6 Å². The van der Waals surface area contributed by atoms with Crippen molar-refractivity contribution in [3.8, 4) is 5.69 Å². The average Bonchev–Trinajstić information content (AvgIpc) is 3.41. The van der Waals surface area contributed by atoms with Crippen LogP contribution in [0.4, 0.5) is 4.39 Å². The second-order valence-electron chi connectivity index (χ2n) is 7.07. The number of halogens is 2. The SMILES string of the molecule is O=C(O)c1cn(C2CC2)c2cc(-n3cc4ccc(Cl)cc4c3)c(F)cc2c1=O. The van der Waals surface area contributed by atoms with Crippen molar-refractivity contribution in [1.29, 1.82) is 0 Å². The number of carboxylic acids is 1. The highest BCUT2D eigenvalue weighted by atomic mass is 35.5. The normalized spacial score (nSPS) is 14.1. The van der Waals surface area contributed by atoms with E-state index in [2.05, 4.69) is 0 Å². The molecule has 1 N–H and O–H groups in total. The third kappa shape index (κ3) is 2.60. The average molecular weight is 397 g/mol. The van der Waals surface area contributed by atoms with Crippen molar-refractivity contribution in [2.24, 2.45) is 0 Å². The maximum atomic E-state index is 14.9. The first-order valence-electron chi connectivity index (χ1n) is 8.82. The molecule has 0 atom stereocenters. The molecule has 4 aromatic rings. The predicted octanol–water partition coefficient (Wildman–Crippen LogP) is 4.77. The van der Waals surface area contributed by atoms with Gasteiger partial charge >= 0.3 is 5.97 Å². The van der Waals surface area contributed by atoms with Crippen LogP contribution in [0.25, 0.3) is 27.4 Å². The van der Waals surface area contributed by atoms with Crippen molar-refractivity contribution in [2.45, 2.75) is 18.9 Å². The fourth-order valence-corrected chi connectivity index (χ4v) is 3.80. The van der Waals surface area contributed by atoms with Crippen LogP contribution in [0.1, 0.15) is 29.2 Å². The number of nitrogens with zero attached hydrogens (tertiary/aromatic N) is 2. The molecular weight excluding hydrogens is 383 g/mol. The number of aromatic nitrogens is 2. The van der Waals surface area contributed by atoms with Crippen LogP contribution in [0.2, 0.25) is 5.02 Å². The monoisotopic (exact) mass is 396 g/mol. The zero-order chi connectivity index (χ0) is 19.6. The maximum absolute atomic E-state index is 14.9. The van der Waals surface area contributed by atoms with E-state index in [9.17, 15) is 19.1 Å². The second kappa shape index (κ2) is 5.94. The van der Waals surface area contributed by atoms with E-state index in [4.69, 9.17) is 11.6 Å². The Balaban J connectivity index is 1.79. The Labute approximate surface area is 163 Å². The van der Waals surface area contributed by atoms with E-state index in [1.807, 2.05) is 6.07 Å². The van der Waals surface area contributed by atoms with Crippen LogP contribution in [0, 0.1) is 5.82 Å². The highest BCUT2D eigenvalue weighted by Gasteiger charge is 2.27. The first-order chi connectivity index (χ1) is 13.4. The molecule has 5 rings (SSSR count). The Bertz CT molecular complexity index is 1350. The molecule has 0 unspecified atom stereocenters. The standard InChI is InChI=1S/C21H14ClFN2O3/c22-13-2-1-11-8-24(9-12(11)5-13)19-7-18-15(6-17(19)23)20(26)16(21(27)28)10-25(18)14-3-4-14/h1-2,5-10,14H,3-4H2,(H,27,28). The summed E-state index contributed by atoms with van der Waals surface area (Å²) in [6, 6.07) is 8.29. The minimum absolute atomic E-state index is 0.0767. The van der Waals surface area contributed by atoms with Crippen molar-refractivity contribution < 1.29 is 14.3 Å². The summed E-state index contributed by atoms with van der Waals surface area (Å²) in [5, 5.41) is 11.8. The zero-order valence-corrected chi connectivity index (χ0v) is 15.3. The number of fused-ring (bicyclic) bond motifs is 2. The van der Waals surface area contributed by atoms with Crippen LogP contribution in [0.3, 0.4) is 0 Å². The number of aromatic carboxylic acids is 1. The van der Waals surface area contributed by atoms with Gasteiger partial charge in [0.1, 0.15) is 11.4 Å². The summed E-state index contributed by atoms with van der Waals surface area (Å²) in [5.41, 5.74) is -0.191. The molecule has 0 amide bonds. The quantitative estimate of drug-likeness (QED) is 0.542. The third-order valence-corrected chi connectivity index (χ3v) is 5.39. The number of hydrogen-bond donors (Lipinski definition) is 1. The molecule has 5 nitrogen and oxygen atoms in total. The Morgan fingerprint density at radius 3 is 2.57 bits per heavy atom. The van der Waals surface area contributed by atoms with Gasteiger partial charge in [-0.15, -0.1) is 0 Å². The lowest BCUT2D eigenvalue weighted by atomic mass is 10.1. The predicted molar refractivity (Wildman–Crippen MR) is 105 cm³/mol. The van der Waals surface area contributed by atoms with Crippen LogP contribution < -0.4 is 5.43 Å². The van der Waals surface area contributed by atoms with Crippen molar-refractivity contribution in [3.05, 3.63) is 75.5 Å². The van der Waals surface area contributed by atoms with Crippen LogP contribution in [-0.2, 0) is 0 Å². The van der Waals surface area contributed by atoms with E-state index in [-0.39, 0.29) is 22.7 Å². The summed E-state index contributed by atoms with van der Waals surface area (Å²) < 4.78 is 18.4. The minimum atomic E-state index is -1.31. The lowest BCUT2D eigenvalue weighted by Crippen LogP contribution is -2.19. The number of benzene rings is 2. The number of hydrogen-bond acceptors (Lipinski definition) is 2. The fourth-order valence-electron chi connectivity index (χ4n) is 3.61. The molecule has 0 saturated heterocycles. The molecule has 2 heterocycles. The molecule has 1 aliphatic rings. The zero-order valence-electron chi connectivity index (χ0n) is 14.5. The molecule has 28 heavy (non-hydrogen) atoms. The van der Waals surface area contributed by atoms with Gasteiger partial charge in [-0.2, -0.15) is 0 Å². The number of carbonyl (C=O) groups is 1. The van der Waals surface area contributed by atoms with Crippen LogP contribution in [0.15, 0.2) is 53.7 Å². The molecular formula is C21H14ClFN2O3. The topological polar surface area (TPSA) is 64.2 Å². The summed E-state index contributed by atoms with van der Waals surface area (Å²) in [6.45, 7) is 0. The first-order valence-corrected chi connectivity index (χ1v) is 9.19. The molecule has 0 spiro atoms. The highest BCUT2D eigenvalue weighted by molar-refractivity contribution is 6.31. The number of rotatable bonds is 3. The number of pyridine rings is 1. The molecule has 140 valence electrons. The highest BCUT2D eigenvalue weighted by Crippen LogP contribution is 2.37. The smallest absolute Gasteiger partial charge is 0.341 e. The van der Waals surface area contributed by atoms with E-state index < -0.39 is 17.2 Å². The Morgan fingerprint density at radius 1 is 1.11 bits per heavy atom. The van der Waals surface area contributed by atoms with Gasteiger partial charge in [0.15, 0.2) is 0 Å². The molecule has 7 heteroatoms. The first kappa shape index (κ1) is 17.0. The van der Waals surface area contributed by atoms with Gasteiger partial charge in [-0.25, -0.2) is 9.18 Å². The van der Waals surface area contributed by atoms with E-state index in [1.54, 1.807) is 39.7 Å². The molecule has 0 aliphatic heterocycles. The van der Waals surface area contributed by atoms with Gasteiger partial charge in [0, 0.05) is 40.4 Å². The molecule has 1 fully saturated rings. The Kier molecular flexibility index (Phi) is 3.61. The lowest BCUT2D eigenvalue weighted by Gasteiger charge is -2.14. The van der Waals surface area contributed by atoms with Gasteiger partial charge in [-0.05, 0) is 42.5 Å². The summed E-state index contributed by atoms with van der Waals surface area (Å²) in [4.78, 5) is 24.0. The summed E-state index contributed by atoms with van der Waals surface area (Å²) in [7, 11) is 0.